The van der Waals surface area contributed by atoms with Crippen molar-refractivity contribution >= 4 is 0 Å². The van der Waals surface area contributed by atoms with E-state index in [-0.39, 0.29) is 6.29 Å². The summed E-state index contributed by atoms with van der Waals surface area (Å²) in [6, 6.07) is 1.23. The molecule has 20 heavy (non-hydrogen) atoms. The van der Waals surface area contributed by atoms with Gasteiger partial charge in [0.05, 0.1) is 0 Å². The van der Waals surface area contributed by atoms with Crippen LogP contribution < -0.4 is 5.32 Å². The maximum absolute atomic E-state index is 5.64. The third-order valence-corrected chi connectivity index (χ3v) is 3.95. The Hall–Kier alpha value is -0.160. The molecule has 0 aromatic heterocycles. The highest BCUT2D eigenvalue weighted by Gasteiger charge is 2.19. The quantitative estimate of drug-likeness (QED) is 0.626. The fraction of sp³-hybridized carbons (Fsp3) is 1.00. The van der Waals surface area contributed by atoms with Crippen molar-refractivity contribution in [2.24, 2.45) is 0 Å². The van der Waals surface area contributed by atoms with E-state index in [2.05, 4.69) is 24.1 Å². The van der Waals surface area contributed by atoms with Crippen molar-refractivity contribution in [3.63, 3.8) is 0 Å². The van der Waals surface area contributed by atoms with Crippen LogP contribution in [0.3, 0.4) is 0 Å². The Labute approximate surface area is 125 Å². The molecule has 0 saturated carbocycles. The Bertz CT molecular complexity index is 225. The normalized spacial score (nSPS) is 20.2. The molecule has 0 amide bonds. The molecule has 1 N–H and O–H groups in total. The molecule has 120 valence electrons. The highest BCUT2D eigenvalue weighted by Crippen LogP contribution is 2.12. The lowest BCUT2D eigenvalue weighted by Gasteiger charge is -2.33. The van der Waals surface area contributed by atoms with Gasteiger partial charge < -0.3 is 14.8 Å². The van der Waals surface area contributed by atoms with Gasteiger partial charge in [-0.25, -0.2) is 0 Å². The predicted octanol–water partition coefficient (Wildman–Crippen LogP) is 2.63. The molecule has 0 aliphatic carbocycles. The zero-order valence-electron chi connectivity index (χ0n) is 13.9. The van der Waals surface area contributed by atoms with Gasteiger partial charge in [0, 0.05) is 44.8 Å². The molecule has 1 atom stereocenters. The highest BCUT2D eigenvalue weighted by molar-refractivity contribution is 4.77. The average molecular weight is 286 g/mol. The topological polar surface area (TPSA) is 33.7 Å². The van der Waals surface area contributed by atoms with E-state index in [1.54, 1.807) is 0 Å². The van der Waals surface area contributed by atoms with Crippen molar-refractivity contribution in [1.82, 2.24) is 10.2 Å². The third kappa shape index (κ3) is 7.02. The number of rotatable bonds is 10. The fourth-order valence-corrected chi connectivity index (χ4v) is 2.78. The largest absolute Gasteiger partial charge is 0.353 e. The van der Waals surface area contributed by atoms with Crippen LogP contribution in [-0.4, -0.2) is 56.1 Å². The smallest absolute Gasteiger partial charge is 0.158 e. The van der Waals surface area contributed by atoms with Crippen LogP contribution in [0, 0.1) is 0 Å². The molecule has 0 aromatic carbocycles. The summed E-state index contributed by atoms with van der Waals surface area (Å²) in [5, 5.41) is 3.64. The molecule has 0 spiro atoms. The SMILES string of the molecule is CCOC(CCN(CC1CCCCN1)C(C)C)OCC. The first kappa shape index (κ1) is 17.9. The number of nitrogens with zero attached hydrogens (tertiary/aromatic N) is 1. The van der Waals surface area contributed by atoms with E-state index in [1.807, 2.05) is 13.8 Å². The Balaban J connectivity index is 2.36. The number of hydrogen-bond donors (Lipinski definition) is 1. The van der Waals surface area contributed by atoms with Crippen LogP contribution in [0.1, 0.15) is 53.4 Å². The second kappa shape index (κ2) is 10.6. The Morgan fingerprint density at radius 1 is 1.15 bits per heavy atom. The lowest BCUT2D eigenvalue weighted by Crippen LogP contribution is -2.46. The Morgan fingerprint density at radius 2 is 1.85 bits per heavy atom. The van der Waals surface area contributed by atoms with Crippen molar-refractivity contribution in [2.45, 2.75) is 71.8 Å². The number of nitrogens with one attached hydrogen (secondary N) is 1. The fourth-order valence-electron chi connectivity index (χ4n) is 2.78. The van der Waals surface area contributed by atoms with E-state index in [1.165, 1.54) is 25.8 Å². The molecule has 1 rings (SSSR count). The van der Waals surface area contributed by atoms with Gasteiger partial charge in [-0.2, -0.15) is 0 Å². The maximum Gasteiger partial charge on any atom is 0.158 e. The molecule has 1 saturated heterocycles. The van der Waals surface area contributed by atoms with Crippen LogP contribution in [0.5, 0.6) is 0 Å². The van der Waals surface area contributed by atoms with Gasteiger partial charge in [-0.15, -0.1) is 0 Å². The van der Waals surface area contributed by atoms with Crippen molar-refractivity contribution in [1.29, 1.82) is 0 Å². The van der Waals surface area contributed by atoms with Crippen molar-refractivity contribution < 1.29 is 9.47 Å². The number of hydrogen-bond acceptors (Lipinski definition) is 4. The van der Waals surface area contributed by atoms with E-state index in [0.717, 1.165) is 32.7 Å². The van der Waals surface area contributed by atoms with Gasteiger partial charge in [0.2, 0.25) is 0 Å². The van der Waals surface area contributed by atoms with Crippen LogP contribution in [0.4, 0.5) is 0 Å². The van der Waals surface area contributed by atoms with Crippen LogP contribution >= 0.6 is 0 Å². The molecular weight excluding hydrogens is 252 g/mol. The summed E-state index contributed by atoms with van der Waals surface area (Å²) < 4.78 is 11.3. The molecular formula is C16H34N2O2. The standard InChI is InChI=1S/C16H34N2O2/c1-5-19-16(20-6-2)10-12-18(14(3)4)13-15-9-7-8-11-17-15/h14-17H,5-13H2,1-4H3. The van der Waals surface area contributed by atoms with E-state index < -0.39 is 0 Å². The first-order valence-electron chi connectivity index (χ1n) is 8.38. The minimum absolute atomic E-state index is 0.0504. The molecule has 1 aliphatic rings. The first-order chi connectivity index (χ1) is 9.67. The summed E-state index contributed by atoms with van der Waals surface area (Å²) >= 11 is 0. The van der Waals surface area contributed by atoms with Crippen molar-refractivity contribution in [3.8, 4) is 0 Å². The van der Waals surface area contributed by atoms with Crippen LogP contribution in [0.25, 0.3) is 0 Å². The van der Waals surface area contributed by atoms with E-state index in [9.17, 15) is 0 Å². The van der Waals surface area contributed by atoms with Crippen molar-refractivity contribution in [3.05, 3.63) is 0 Å². The van der Waals surface area contributed by atoms with E-state index in [0.29, 0.717) is 12.1 Å². The lowest BCUT2D eigenvalue weighted by atomic mass is 10.0. The van der Waals surface area contributed by atoms with Gasteiger partial charge in [0.15, 0.2) is 6.29 Å². The molecule has 0 radical (unpaired) electrons. The van der Waals surface area contributed by atoms with Gasteiger partial charge in [0.25, 0.3) is 0 Å². The molecule has 1 unspecified atom stereocenters. The zero-order chi connectivity index (χ0) is 14.8. The molecule has 0 bridgehead atoms. The van der Waals surface area contributed by atoms with Gasteiger partial charge in [0.1, 0.15) is 0 Å². The number of ether oxygens (including phenoxy) is 2. The highest BCUT2D eigenvalue weighted by atomic mass is 16.7. The van der Waals surface area contributed by atoms with Crippen molar-refractivity contribution in [2.75, 3.05) is 32.8 Å². The van der Waals surface area contributed by atoms with E-state index in [4.69, 9.17) is 9.47 Å². The molecule has 4 heteroatoms. The van der Waals surface area contributed by atoms with Crippen LogP contribution in [0.2, 0.25) is 0 Å². The summed E-state index contributed by atoms with van der Waals surface area (Å²) in [7, 11) is 0. The second-order valence-corrected chi connectivity index (χ2v) is 5.86. The maximum atomic E-state index is 5.64. The summed E-state index contributed by atoms with van der Waals surface area (Å²) in [5.74, 6) is 0. The summed E-state index contributed by atoms with van der Waals surface area (Å²) in [5.41, 5.74) is 0. The molecule has 0 aromatic rings. The Kier molecular flexibility index (Phi) is 9.44. The minimum atomic E-state index is -0.0504. The molecule has 1 heterocycles. The molecule has 1 aliphatic heterocycles. The van der Waals surface area contributed by atoms with Gasteiger partial charge >= 0.3 is 0 Å². The number of piperidine rings is 1. The lowest BCUT2D eigenvalue weighted by molar-refractivity contribution is -0.142. The zero-order valence-corrected chi connectivity index (χ0v) is 13.9. The summed E-state index contributed by atoms with van der Waals surface area (Å²) in [6.45, 7) is 13.4. The summed E-state index contributed by atoms with van der Waals surface area (Å²) in [4.78, 5) is 2.55. The average Bonchev–Trinajstić information content (AvgIpc) is 2.44. The predicted molar refractivity (Wildman–Crippen MR) is 84.0 cm³/mol. The first-order valence-corrected chi connectivity index (χ1v) is 8.38. The second-order valence-electron chi connectivity index (χ2n) is 5.86. The van der Waals surface area contributed by atoms with Gasteiger partial charge in [-0.3, -0.25) is 4.90 Å². The third-order valence-electron chi connectivity index (χ3n) is 3.95. The minimum Gasteiger partial charge on any atom is -0.353 e. The van der Waals surface area contributed by atoms with Gasteiger partial charge in [-0.1, -0.05) is 6.42 Å². The molecule has 4 nitrogen and oxygen atoms in total. The van der Waals surface area contributed by atoms with Crippen LogP contribution in [0.15, 0.2) is 0 Å². The summed E-state index contributed by atoms with van der Waals surface area (Å²) in [6.07, 6.45) is 4.90. The van der Waals surface area contributed by atoms with Gasteiger partial charge in [-0.05, 0) is 47.1 Å². The van der Waals surface area contributed by atoms with E-state index >= 15 is 0 Å². The molecule has 1 fully saturated rings. The monoisotopic (exact) mass is 286 g/mol. The van der Waals surface area contributed by atoms with Crippen LogP contribution in [-0.2, 0) is 9.47 Å². The Morgan fingerprint density at radius 3 is 2.35 bits per heavy atom.